The molecule has 2 aromatic carbocycles. The van der Waals surface area contributed by atoms with Crippen LogP contribution < -0.4 is 4.72 Å². The molecule has 210 valence electrons. The summed E-state index contributed by atoms with van der Waals surface area (Å²) in [4.78, 5) is -1.57. The van der Waals surface area contributed by atoms with E-state index in [0.29, 0.717) is 0 Å². The van der Waals surface area contributed by atoms with Crippen molar-refractivity contribution in [3.63, 3.8) is 0 Å². The number of nitrogens with one attached hydrogen (secondary N) is 1. The highest BCUT2D eigenvalue weighted by Crippen LogP contribution is 2.53. The number of hydrogen-bond donors (Lipinski definition) is 4. The quantitative estimate of drug-likeness (QED) is 0.290. The van der Waals surface area contributed by atoms with E-state index in [9.17, 15) is 47.3 Å². The maximum atomic E-state index is 13.8. The molecule has 0 aromatic heterocycles. The topological polar surface area (TPSA) is 209 Å². The molecule has 0 saturated carbocycles. The molecule has 0 aliphatic heterocycles. The molecule has 0 fully saturated rings. The van der Waals surface area contributed by atoms with Crippen molar-refractivity contribution in [3.8, 4) is 0 Å². The fourth-order valence-corrected chi connectivity index (χ4v) is 9.15. The van der Waals surface area contributed by atoms with Gasteiger partial charge >= 0.3 is 0 Å². The van der Waals surface area contributed by atoms with Crippen LogP contribution in [0.2, 0.25) is 0 Å². The molecule has 12 nitrogen and oxygen atoms in total. The second-order valence-electron chi connectivity index (χ2n) is 9.64. The first kappa shape index (κ1) is 31.4. The zero-order valence-corrected chi connectivity index (χ0v) is 24.3. The van der Waals surface area contributed by atoms with E-state index in [0.717, 1.165) is 30.3 Å². The molecule has 0 bridgehead atoms. The van der Waals surface area contributed by atoms with Crippen molar-refractivity contribution in [2.75, 3.05) is 4.72 Å². The molecule has 2 aromatic rings. The third kappa shape index (κ3) is 5.12. The number of benzene rings is 2. The molecule has 0 spiro atoms. The lowest BCUT2D eigenvalue weighted by atomic mass is 9.66. The monoisotopic (exact) mass is 601 g/mol. The van der Waals surface area contributed by atoms with Crippen molar-refractivity contribution >= 4 is 56.8 Å². The summed E-state index contributed by atoms with van der Waals surface area (Å²) in [6.07, 6.45) is -0.174. The van der Waals surface area contributed by atoms with Crippen molar-refractivity contribution < 1.29 is 47.3 Å². The van der Waals surface area contributed by atoms with Gasteiger partial charge in [0.15, 0.2) is 0 Å². The summed E-state index contributed by atoms with van der Waals surface area (Å²) in [5.74, 6) is 0. The van der Waals surface area contributed by atoms with Crippen LogP contribution in [0.5, 0.6) is 0 Å². The zero-order valence-electron chi connectivity index (χ0n) is 21.0. The molecule has 2 unspecified atom stereocenters. The van der Waals surface area contributed by atoms with Crippen molar-refractivity contribution in [2.24, 2.45) is 5.41 Å². The Morgan fingerprint density at radius 1 is 0.730 bits per heavy atom. The minimum atomic E-state index is -5.01. The maximum absolute atomic E-state index is 13.8. The standard InChI is InChI=1S/C21H31NO11S4/c1-7-20(5,19(3,4)37(31,32)33)21(6,8-2)36(29,30)22-14-12-16-15(18(13-14)35(26,27)28)10-9-11-17(16)34(23,24)25/h9-13,22H,7-8H2,1-6H3,(H,23,24,25)(H,26,27,28)(H,31,32,33). The first-order valence-electron chi connectivity index (χ1n) is 10.9. The third-order valence-electron chi connectivity index (χ3n) is 7.84. The molecular formula is C21H31NO11S4. The lowest BCUT2D eigenvalue weighted by molar-refractivity contribution is 0.144. The van der Waals surface area contributed by atoms with E-state index in [4.69, 9.17) is 0 Å². The number of fused-ring (bicyclic) bond motifs is 1. The first-order chi connectivity index (χ1) is 16.4. The van der Waals surface area contributed by atoms with E-state index < -0.39 is 76.2 Å². The fourth-order valence-electron chi connectivity index (χ4n) is 4.69. The SMILES string of the molecule is CCC(C)(C(C)(C)S(=O)(=O)O)C(C)(CC)S(=O)(=O)Nc1cc(S(=O)(=O)O)c2cccc(S(=O)(=O)O)c2c1. The second-order valence-corrected chi connectivity index (χ2v) is 16.5. The molecule has 0 saturated heterocycles. The van der Waals surface area contributed by atoms with Crippen LogP contribution in [0.15, 0.2) is 40.1 Å². The predicted molar refractivity (Wildman–Crippen MR) is 139 cm³/mol. The third-order valence-corrected chi connectivity index (χ3v) is 13.8. The van der Waals surface area contributed by atoms with Gasteiger partial charge in [-0.1, -0.05) is 32.9 Å². The van der Waals surface area contributed by atoms with Gasteiger partial charge in [-0.2, -0.15) is 25.3 Å². The van der Waals surface area contributed by atoms with Gasteiger partial charge in [0.1, 0.15) is 9.79 Å². The molecule has 37 heavy (non-hydrogen) atoms. The Labute approximate surface area is 217 Å². The highest BCUT2D eigenvalue weighted by atomic mass is 32.2. The average molecular weight is 602 g/mol. The van der Waals surface area contributed by atoms with Crippen LogP contribution in [0.25, 0.3) is 10.8 Å². The zero-order chi connectivity index (χ0) is 29.0. The molecule has 2 atom stereocenters. The molecular weight excluding hydrogens is 570 g/mol. The summed E-state index contributed by atoms with van der Waals surface area (Å²) in [6, 6.07) is 4.99. The average Bonchev–Trinajstić information content (AvgIpc) is 2.74. The molecule has 0 heterocycles. The molecule has 0 aliphatic rings. The van der Waals surface area contributed by atoms with Crippen molar-refractivity contribution in [1.82, 2.24) is 0 Å². The van der Waals surface area contributed by atoms with Crippen LogP contribution in [-0.2, 0) is 40.4 Å². The molecule has 0 radical (unpaired) electrons. The Morgan fingerprint density at radius 2 is 1.24 bits per heavy atom. The van der Waals surface area contributed by atoms with Crippen LogP contribution in [-0.4, -0.2) is 56.8 Å². The van der Waals surface area contributed by atoms with Gasteiger partial charge < -0.3 is 0 Å². The van der Waals surface area contributed by atoms with E-state index in [-0.39, 0.29) is 18.2 Å². The molecule has 0 amide bonds. The Morgan fingerprint density at radius 3 is 1.65 bits per heavy atom. The normalized spacial score (nSPS) is 17.2. The fraction of sp³-hybridized carbons (Fsp3) is 0.524. The van der Waals surface area contributed by atoms with E-state index >= 15 is 0 Å². The summed E-state index contributed by atoms with van der Waals surface area (Å²) >= 11 is 0. The van der Waals surface area contributed by atoms with Crippen LogP contribution in [0.1, 0.15) is 54.4 Å². The molecule has 2 rings (SSSR count). The van der Waals surface area contributed by atoms with E-state index in [1.165, 1.54) is 34.6 Å². The minimum Gasteiger partial charge on any atom is -0.285 e. The largest absolute Gasteiger partial charge is 0.295 e. The molecule has 4 N–H and O–H groups in total. The van der Waals surface area contributed by atoms with E-state index in [1.807, 2.05) is 0 Å². The van der Waals surface area contributed by atoms with Gasteiger partial charge in [-0.15, -0.1) is 0 Å². The smallest absolute Gasteiger partial charge is 0.285 e. The first-order valence-corrected chi connectivity index (χ1v) is 16.7. The van der Waals surface area contributed by atoms with Crippen molar-refractivity contribution in [2.45, 2.75) is 73.7 Å². The van der Waals surface area contributed by atoms with Crippen molar-refractivity contribution in [1.29, 1.82) is 0 Å². The summed E-state index contributed by atoms with van der Waals surface area (Å²) < 4.78 is 128. The summed E-state index contributed by atoms with van der Waals surface area (Å²) in [5.41, 5.74) is -2.09. The predicted octanol–water partition coefficient (Wildman–Crippen LogP) is 3.33. The van der Waals surface area contributed by atoms with Gasteiger partial charge in [0.25, 0.3) is 30.4 Å². The van der Waals surface area contributed by atoms with Gasteiger partial charge in [-0.05, 0) is 51.8 Å². The maximum Gasteiger partial charge on any atom is 0.295 e. The Balaban J connectivity index is 2.92. The van der Waals surface area contributed by atoms with Crippen LogP contribution in [0.3, 0.4) is 0 Å². The number of sulfonamides is 1. The summed E-state index contributed by atoms with van der Waals surface area (Å²) in [6.45, 7) is 8.11. The van der Waals surface area contributed by atoms with Crippen molar-refractivity contribution in [3.05, 3.63) is 30.3 Å². The second kappa shape index (κ2) is 9.43. The Kier molecular flexibility index (Phi) is 8.00. The lowest BCUT2D eigenvalue weighted by Crippen LogP contribution is -2.63. The van der Waals surface area contributed by atoms with Crippen LogP contribution in [0, 0.1) is 5.41 Å². The van der Waals surface area contributed by atoms with E-state index in [2.05, 4.69) is 4.72 Å². The Hall–Kier alpha value is -1.82. The van der Waals surface area contributed by atoms with Crippen LogP contribution >= 0.6 is 0 Å². The highest BCUT2D eigenvalue weighted by molar-refractivity contribution is 7.94. The van der Waals surface area contributed by atoms with Gasteiger partial charge in [0, 0.05) is 16.2 Å². The molecule has 0 aliphatic carbocycles. The number of hydrogen-bond acceptors (Lipinski definition) is 8. The Bertz CT molecular complexity index is 1660. The van der Waals surface area contributed by atoms with Crippen LogP contribution in [0.4, 0.5) is 5.69 Å². The summed E-state index contributed by atoms with van der Waals surface area (Å²) in [5, 5.41) is -0.697. The summed E-state index contributed by atoms with van der Waals surface area (Å²) in [7, 11) is -19.3. The van der Waals surface area contributed by atoms with Gasteiger partial charge in [-0.25, -0.2) is 8.42 Å². The number of rotatable bonds is 10. The van der Waals surface area contributed by atoms with Gasteiger partial charge in [0.05, 0.1) is 15.2 Å². The molecule has 16 heteroatoms. The minimum absolute atomic E-state index is 0.0219. The lowest BCUT2D eigenvalue weighted by Gasteiger charge is -2.52. The van der Waals surface area contributed by atoms with E-state index in [1.54, 1.807) is 6.92 Å². The highest BCUT2D eigenvalue weighted by Gasteiger charge is 2.63. The number of anilines is 1. The van der Waals surface area contributed by atoms with Gasteiger partial charge in [-0.3, -0.25) is 18.4 Å². The van der Waals surface area contributed by atoms with Gasteiger partial charge in [0.2, 0.25) is 10.0 Å².